The second-order valence-electron chi connectivity index (χ2n) is 3.18. The molecule has 0 unspecified atom stereocenters. The quantitative estimate of drug-likeness (QED) is 0.563. The van der Waals surface area contributed by atoms with E-state index < -0.39 is 5.91 Å². The number of amides is 1. The van der Waals surface area contributed by atoms with Crippen molar-refractivity contribution in [3.8, 4) is 5.75 Å². The van der Waals surface area contributed by atoms with Gasteiger partial charge in [0.1, 0.15) is 17.3 Å². The normalized spacial score (nSPS) is 10.0. The monoisotopic (exact) mass is 218 g/mol. The molecule has 0 radical (unpaired) electrons. The van der Waals surface area contributed by atoms with Gasteiger partial charge in [-0.25, -0.2) is 0 Å². The highest BCUT2D eigenvalue weighted by Crippen LogP contribution is 2.21. The smallest absolute Gasteiger partial charge is 0.273 e. The molecule has 1 heterocycles. The number of benzene rings is 1. The van der Waals surface area contributed by atoms with Crippen molar-refractivity contribution in [2.24, 2.45) is 0 Å². The predicted molar refractivity (Wildman–Crippen MR) is 59.1 cm³/mol. The second kappa shape index (κ2) is 3.93. The first kappa shape index (κ1) is 10.0. The summed E-state index contributed by atoms with van der Waals surface area (Å²) in [6, 6.07) is 7.86. The van der Waals surface area contributed by atoms with Crippen molar-refractivity contribution < 1.29 is 9.90 Å². The Morgan fingerprint density at radius 3 is 2.81 bits per heavy atom. The number of carbonyl (C=O) groups excluding carboxylic acids is 1. The number of nitrogens with one attached hydrogen (secondary N) is 2. The van der Waals surface area contributed by atoms with Gasteiger partial charge in [0.05, 0.1) is 5.69 Å². The predicted octanol–water partition coefficient (Wildman–Crippen LogP) is 0.950. The maximum atomic E-state index is 11.6. The average molecular weight is 218 g/mol. The van der Waals surface area contributed by atoms with Crippen LogP contribution in [0.4, 0.5) is 11.5 Å². The number of aromatic nitrogens is 2. The van der Waals surface area contributed by atoms with E-state index in [1.54, 1.807) is 18.2 Å². The lowest BCUT2D eigenvalue weighted by atomic mass is 10.3. The van der Waals surface area contributed by atoms with E-state index in [4.69, 9.17) is 5.73 Å². The van der Waals surface area contributed by atoms with Gasteiger partial charge in [0.2, 0.25) is 0 Å². The Balaban J connectivity index is 2.17. The van der Waals surface area contributed by atoms with Crippen LogP contribution in [0.1, 0.15) is 10.5 Å². The van der Waals surface area contributed by atoms with Crippen LogP contribution < -0.4 is 11.1 Å². The summed E-state index contributed by atoms with van der Waals surface area (Å²) in [6.07, 6.45) is 0. The zero-order valence-electron chi connectivity index (χ0n) is 8.27. The number of hydrogen-bond acceptors (Lipinski definition) is 4. The van der Waals surface area contributed by atoms with Gasteiger partial charge in [-0.15, -0.1) is 0 Å². The number of carbonyl (C=O) groups is 1. The number of nitrogens with zero attached hydrogens (tertiary/aromatic N) is 1. The van der Waals surface area contributed by atoms with E-state index in [9.17, 15) is 9.90 Å². The number of aromatic amines is 1. The largest absolute Gasteiger partial charge is 0.506 e. The number of H-pyrrole nitrogens is 1. The van der Waals surface area contributed by atoms with Crippen LogP contribution in [0.15, 0.2) is 30.3 Å². The van der Waals surface area contributed by atoms with Crippen LogP contribution in [0.2, 0.25) is 0 Å². The number of phenolic OH excluding ortho intramolecular Hbond substituents is 1. The third-order valence-electron chi connectivity index (χ3n) is 1.99. The summed E-state index contributed by atoms with van der Waals surface area (Å²) < 4.78 is 0. The fraction of sp³-hybridized carbons (Fsp3) is 0. The summed E-state index contributed by atoms with van der Waals surface area (Å²) in [6.45, 7) is 0. The summed E-state index contributed by atoms with van der Waals surface area (Å²) in [5, 5.41) is 18.1. The molecule has 2 aromatic rings. The highest BCUT2D eigenvalue weighted by atomic mass is 16.3. The molecule has 16 heavy (non-hydrogen) atoms. The molecule has 0 fully saturated rings. The molecule has 0 aliphatic rings. The molecule has 5 N–H and O–H groups in total. The van der Waals surface area contributed by atoms with Gasteiger partial charge in [0.25, 0.3) is 5.91 Å². The number of nitrogens with two attached hydrogens (primary N) is 1. The fourth-order valence-corrected chi connectivity index (χ4v) is 1.22. The number of para-hydroxylation sites is 2. The number of rotatable bonds is 2. The molecule has 0 saturated carbocycles. The van der Waals surface area contributed by atoms with E-state index in [1.165, 1.54) is 12.1 Å². The number of anilines is 2. The molecule has 0 bridgehead atoms. The van der Waals surface area contributed by atoms with E-state index in [2.05, 4.69) is 15.5 Å². The highest BCUT2D eigenvalue weighted by Gasteiger charge is 2.10. The highest BCUT2D eigenvalue weighted by molar-refractivity contribution is 6.03. The van der Waals surface area contributed by atoms with E-state index in [-0.39, 0.29) is 17.3 Å². The van der Waals surface area contributed by atoms with Gasteiger partial charge in [-0.2, -0.15) is 5.10 Å². The number of hydrogen-bond donors (Lipinski definition) is 4. The summed E-state index contributed by atoms with van der Waals surface area (Å²) in [5.74, 6) is -0.170. The molecular formula is C10H10N4O2. The van der Waals surface area contributed by atoms with Crippen molar-refractivity contribution in [2.75, 3.05) is 11.1 Å². The van der Waals surface area contributed by atoms with Crippen LogP contribution in [0.25, 0.3) is 0 Å². The van der Waals surface area contributed by atoms with Gasteiger partial charge >= 0.3 is 0 Å². The Bertz CT molecular complexity index is 521. The minimum Gasteiger partial charge on any atom is -0.506 e. The second-order valence-corrected chi connectivity index (χ2v) is 3.18. The molecule has 0 spiro atoms. The van der Waals surface area contributed by atoms with Crippen molar-refractivity contribution in [3.05, 3.63) is 36.0 Å². The topological polar surface area (TPSA) is 104 Å². The number of nitrogen functional groups attached to an aromatic ring is 1. The van der Waals surface area contributed by atoms with Crippen LogP contribution in [0.3, 0.4) is 0 Å². The minimum absolute atomic E-state index is 0.00309. The summed E-state index contributed by atoms with van der Waals surface area (Å²) >= 11 is 0. The van der Waals surface area contributed by atoms with Crippen molar-refractivity contribution in [3.63, 3.8) is 0 Å². The first-order chi connectivity index (χ1) is 7.66. The van der Waals surface area contributed by atoms with Crippen LogP contribution in [-0.2, 0) is 0 Å². The third-order valence-corrected chi connectivity index (χ3v) is 1.99. The van der Waals surface area contributed by atoms with Gasteiger partial charge in [-0.05, 0) is 12.1 Å². The van der Waals surface area contributed by atoms with E-state index in [0.29, 0.717) is 5.69 Å². The summed E-state index contributed by atoms with van der Waals surface area (Å²) in [7, 11) is 0. The van der Waals surface area contributed by atoms with E-state index >= 15 is 0 Å². The van der Waals surface area contributed by atoms with Crippen molar-refractivity contribution in [2.45, 2.75) is 0 Å². The third kappa shape index (κ3) is 1.95. The average Bonchev–Trinajstić information content (AvgIpc) is 2.68. The first-order valence-electron chi connectivity index (χ1n) is 4.57. The lowest BCUT2D eigenvalue weighted by molar-refractivity contribution is 0.102. The lowest BCUT2D eigenvalue weighted by Crippen LogP contribution is -2.12. The van der Waals surface area contributed by atoms with Crippen molar-refractivity contribution >= 4 is 17.4 Å². The molecule has 1 aromatic heterocycles. The van der Waals surface area contributed by atoms with E-state index in [1.807, 2.05) is 0 Å². The Kier molecular flexibility index (Phi) is 2.47. The maximum Gasteiger partial charge on any atom is 0.273 e. The molecular weight excluding hydrogens is 208 g/mol. The van der Waals surface area contributed by atoms with Gasteiger partial charge in [-0.1, -0.05) is 12.1 Å². The molecule has 82 valence electrons. The molecule has 1 amide bonds. The van der Waals surface area contributed by atoms with Crippen LogP contribution in [0, 0.1) is 0 Å². The molecule has 1 aromatic carbocycles. The van der Waals surface area contributed by atoms with Crippen molar-refractivity contribution in [1.82, 2.24) is 10.2 Å². The van der Waals surface area contributed by atoms with Gasteiger partial charge in [0, 0.05) is 6.07 Å². The van der Waals surface area contributed by atoms with E-state index in [0.717, 1.165) is 0 Å². The molecule has 0 atom stereocenters. The van der Waals surface area contributed by atoms with Gasteiger partial charge < -0.3 is 16.2 Å². The minimum atomic E-state index is -0.411. The lowest BCUT2D eigenvalue weighted by Gasteiger charge is -2.04. The zero-order valence-corrected chi connectivity index (χ0v) is 8.27. The van der Waals surface area contributed by atoms with Crippen molar-refractivity contribution in [1.29, 1.82) is 0 Å². The SMILES string of the molecule is Nc1cc(C(=O)Nc2ccccc2O)[nH]n1. The summed E-state index contributed by atoms with van der Waals surface area (Å²) in [4.78, 5) is 11.6. The van der Waals surface area contributed by atoms with Gasteiger partial charge in [-0.3, -0.25) is 9.89 Å². The Labute approximate surface area is 91.1 Å². The number of aromatic hydroxyl groups is 1. The first-order valence-corrected chi connectivity index (χ1v) is 4.57. The van der Waals surface area contributed by atoms with Crippen LogP contribution in [-0.4, -0.2) is 21.2 Å². The fourth-order valence-electron chi connectivity index (χ4n) is 1.22. The molecule has 2 rings (SSSR count). The standard InChI is InChI=1S/C10H10N4O2/c11-9-5-7(13-14-9)10(16)12-6-3-1-2-4-8(6)15/h1-5,15H,(H,12,16)(H3,11,13,14). The van der Waals surface area contributed by atoms with Crippen LogP contribution >= 0.6 is 0 Å². The Hall–Kier alpha value is -2.50. The Morgan fingerprint density at radius 2 is 2.19 bits per heavy atom. The maximum absolute atomic E-state index is 11.6. The molecule has 6 nitrogen and oxygen atoms in total. The Morgan fingerprint density at radius 1 is 1.44 bits per heavy atom. The molecule has 6 heteroatoms. The van der Waals surface area contributed by atoms with Crippen LogP contribution in [0.5, 0.6) is 5.75 Å². The molecule has 0 saturated heterocycles. The summed E-state index contributed by atoms with van der Waals surface area (Å²) in [5.41, 5.74) is 5.94. The van der Waals surface area contributed by atoms with Gasteiger partial charge in [0.15, 0.2) is 0 Å². The molecule has 0 aliphatic heterocycles. The number of phenols is 1. The zero-order chi connectivity index (χ0) is 11.5. The molecule has 0 aliphatic carbocycles.